The Morgan fingerprint density at radius 1 is 0.960 bits per heavy atom. The van der Waals surface area contributed by atoms with Gasteiger partial charge >= 0.3 is 0 Å². The van der Waals surface area contributed by atoms with Crippen molar-refractivity contribution < 1.29 is 19.6 Å². The number of aliphatic hydroxyl groups is 1. The van der Waals surface area contributed by atoms with Crippen LogP contribution in [0.2, 0.25) is 0 Å². The molecule has 1 aliphatic heterocycles. The van der Waals surface area contributed by atoms with Crippen molar-refractivity contribution in [2.75, 3.05) is 52.5 Å². The van der Waals surface area contributed by atoms with Crippen molar-refractivity contribution in [2.45, 2.75) is 58.0 Å². The van der Waals surface area contributed by atoms with E-state index in [9.17, 15) is 5.11 Å². The van der Waals surface area contributed by atoms with Crippen LogP contribution >= 0.6 is 0 Å². The number of quaternary nitrogens is 2. The molecule has 144 valence electrons. The quantitative estimate of drug-likeness (QED) is 0.528. The van der Waals surface area contributed by atoms with Gasteiger partial charge in [0.25, 0.3) is 0 Å². The molecule has 4 heteroatoms. The maximum atomic E-state index is 10.3. The lowest BCUT2D eigenvalue weighted by molar-refractivity contribution is -1.01. The molecule has 0 aromatic heterocycles. The van der Waals surface area contributed by atoms with E-state index in [-0.39, 0.29) is 6.10 Å². The highest BCUT2D eigenvalue weighted by molar-refractivity contribution is 5.01. The topological polar surface area (TPSA) is 38.3 Å². The third-order valence-electron chi connectivity index (χ3n) is 7.94. The SMILES string of the molecule is CC[NH+]1CC[NH+](C[C@H](O)COCCC23CC4CC(CC(C4)C2)C3)CC1. The lowest BCUT2D eigenvalue weighted by Crippen LogP contribution is -3.28. The minimum Gasteiger partial charge on any atom is -0.385 e. The second-order valence-corrected chi connectivity index (χ2v) is 9.95. The normalized spacial score (nSPS) is 44.2. The van der Waals surface area contributed by atoms with Gasteiger partial charge in [0.15, 0.2) is 0 Å². The molecule has 3 N–H and O–H groups in total. The zero-order chi connectivity index (χ0) is 17.3. The summed E-state index contributed by atoms with van der Waals surface area (Å²) in [7, 11) is 0. The van der Waals surface area contributed by atoms with Crippen molar-refractivity contribution in [3.8, 4) is 0 Å². The van der Waals surface area contributed by atoms with Crippen LogP contribution in [0.1, 0.15) is 51.9 Å². The Morgan fingerprint density at radius 3 is 2.08 bits per heavy atom. The first-order valence-electron chi connectivity index (χ1n) is 11.1. The molecule has 0 aromatic rings. The highest BCUT2D eigenvalue weighted by Crippen LogP contribution is 2.61. The zero-order valence-corrected chi connectivity index (χ0v) is 16.3. The predicted octanol–water partition coefficient (Wildman–Crippen LogP) is -0.226. The molecule has 0 radical (unpaired) electrons. The molecule has 4 nitrogen and oxygen atoms in total. The molecule has 0 amide bonds. The van der Waals surface area contributed by atoms with Crippen LogP contribution in [0.25, 0.3) is 0 Å². The summed E-state index contributed by atoms with van der Waals surface area (Å²) in [6.07, 6.45) is 9.94. The van der Waals surface area contributed by atoms with E-state index in [4.69, 9.17) is 4.74 Å². The number of likely N-dealkylation sites (N-methyl/N-ethyl adjacent to an activating group) is 1. The Balaban J connectivity index is 1.13. The van der Waals surface area contributed by atoms with Crippen LogP contribution in [0, 0.1) is 23.2 Å². The molecule has 1 heterocycles. The smallest absolute Gasteiger partial charge is 0.127 e. The monoisotopic (exact) mass is 352 g/mol. The van der Waals surface area contributed by atoms with Crippen LogP contribution < -0.4 is 9.80 Å². The fourth-order valence-electron chi connectivity index (χ4n) is 7.01. The van der Waals surface area contributed by atoms with E-state index >= 15 is 0 Å². The molecule has 5 aliphatic rings. The van der Waals surface area contributed by atoms with Gasteiger partial charge in [-0.2, -0.15) is 0 Å². The van der Waals surface area contributed by atoms with Crippen LogP contribution in [0.3, 0.4) is 0 Å². The van der Waals surface area contributed by atoms with Gasteiger partial charge in [-0.3, -0.25) is 0 Å². The van der Waals surface area contributed by atoms with E-state index in [1.165, 1.54) is 77.7 Å². The average molecular weight is 353 g/mol. The summed E-state index contributed by atoms with van der Waals surface area (Å²) in [5.74, 6) is 3.10. The molecule has 0 spiro atoms. The summed E-state index contributed by atoms with van der Waals surface area (Å²) in [5, 5.41) is 10.3. The maximum absolute atomic E-state index is 10.3. The highest BCUT2D eigenvalue weighted by Gasteiger charge is 2.50. The van der Waals surface area contributed by atoms with Crippen LogP contribution in [0.5, 0.6) is 0 Å². The molecule has 5 fully saturated rings. The molecule has 1 atom stereocenters. The van der Waals surface area contributed by atoms with Gasteiger partial charge in [-0.25, -0.2) is 0 Å². The van der Waals surface area contributed by atoms with Crippen LogP contribution in [-0.2, 0) is 4.74 Å². The molecular formula is C21H40N2O2+2. The van der Waals surface area contributed by atoms with E-state index in [1.807, 2.05) is 0 Å². The van der Waals surface area contributed by atoms with Gasteiger partial charge in [0.1, 0.15) is 38.8 Å². The fraction of sp³-hybridized carbons (Fsp3) is 1.00. The van der Waals surface area contributed by atoms with Gasteiger partial charge in [-0.1, -0.05) is 0 Å². The van der Waals surface area contributed by atoms with Gasteiger partial charge < -0.3 is 19.6 Å². The summed E-state index contributed by atoms with van der Waals surface area (Å²) in [5.41, 5.74) is 0.615. The Kier molecular flexibility index (Phi) is 5.71. The van der Waals surface area contributed by atoms with Crippen molar-refractivity contribution in [1.29, 1.82) is 0 Å². The molecule has 4 bridgehead atoms. The summed E-state index contributed by atoms with van der Waals surface area (Å²) in [4.78, 5) is 3.28. The van der Waals surface area contributed by atoms with Crippen molar-refractivity contribution in [3.05, 3.63) is 0 Å². The summed E-state index contributed by atoms with van der Waals surface area (Å²) >= 11 is 0. The number of ether oxygens (including phenoxy) is 1. The summed E-state index contributed by atoms with van der Waals surface area (Å²) < 4.78 is 5.95. The number of hydrogen-bond acceptors (Lipinski definition) is 2. The number of rotatable bonds is 8. The third-order valence-corrected chi connectivity index (χ3v) is 7.94. The van der Waals surface area contributed by atoms with Gasteiger partial charge in [-0.15, -0.1) is 0 Å². The Morgan fingerprint density at radius 2 is 1.52 bits per heavy atom. The lowest BCUT2D eigenvalue weighted by Gasteiger charge is -2.57. The third kappa shape index (κ3) is 4.40. The van der Waals surface area contributed by atoms with E-state index in [0.717, 1.165) is 30.9 Å². The standard InChI is InChI=1S/C21H38N2O2/c1-2-22-4-6-23(7-5-22)15-20(24)16-25-8-3-21-12-17-9-18(13-21)11-19(10-17)14-21/h17-20,24H,2-16H2,1H3/p+2/t17?,18?,19?,20-,21?/m0/s1. The van der Waals surface area contributed by atoms with E-state index in [1.54, 1.807) is 9.80 Å². The number of nitrogens with one attached hydrogen (secondary N) is 2. The van der Waals surface area contributed by atoms with Crippen molar-refractivity contribution in [3.63, 3.8) is 0 Å². The largest absolute Gasteiger partial charge is 0.385 e. The number of piperazine rings is 1. The molecule has 25 heavy (non-hydrogen) atoms. The van der Waals surface area contributed by atoms with Crippen LogP contribution in [0.4, 0.5) is 0 Å². The molecular weight excluding hydrogens is 312 g/mol. The molecule has 0 unspecified atom stereocenters. The first-order chi connectivity index (χ1) is 12.1. The van der Waals surface area contributed by atoms with Crippen molar-refractivity contribution in [1.82, 2.24) is 0 Å². The Hall–Kier alpha value is -0.160. The zero-order valence-electron chi connectivity index (χ0n) is 16.3. The molecule has 0 aromatic carbocycles. The molecule has 4 aliphatic carbocycles. The first-order valence-corrected chi connectivity index (χ1v) is 11.1. The first kappa shape index (κ1) is 18.2. The number of hydrogen-bond donors (Lipinski definition) is 3. The van der Waals surface area contributed by atoms with E-state index in [0.29, 0.717) is 12.0 Å². The van der Waals surface area contributed by atoms with E-state index in [2.05, 4.69) is 6.92 Å². The minimum absolute atomic E-state index is 0.283. The van der Waals surface area contributed by atoms with Crippen LogP contribution in [0.15, 0.2) is 0 Å². The minimum atomic E-state index is -0.283. The lowest BCUT2D eigenvalue weighted by atomic mass is 9.49. The van der Waals surface area contributed by atoms with Gasteiger partial charge in [0.05, 0.1) is 13.2 Å². The average Bonchev–Trinajstić information content (AvgIpc) is 2.58. The predicted molar refractivity (Wildman–Crippen MR) is 98.8 cm³/mol. The van der Waals surface area contributed by atoms with Gasteiger partial charge in [0.2, 0.25) is 0 Å². The molecule has 5 rings (SSSR count). The van der Waals surface area contributed by atoms with Crippen molar-refractivity contribution in [2.24, 2.45) is 23.2 Å². The summed E-state index contributed by atoms with van der Waals surface area (Å²) in [6.45, 7) is 10.7. The highest BCUT2D eigenvalue weighted by atomic mass is 16.5. The Bertz CT molecular complexity index is 398. The Labute approximate surface area is 153 Å². The fourth-order valence-corrected chi connectivity index (χ4v) is 7.01. The molecule has 4 saturated carbocycles. The van der Waals surface area contributed by atoms with Crippen molar-refractivity contribution >= 4 is 0 Å². The van der Waals surface area contributed by atoms with Gasteiger partial charge in [-0.05, 0) is 75.0 Å². The van der Waals surface area contributed by atoms with Gasteiger partial charge in [0, 0.05) is 6.61 Å². The van der Waals surface area contributed by atoms with Crippen LogP contribution in [-0.4, -0.2) is 63.7 Å². The number of aliphatic hydroxyl groups excluding tert-OH is 1. The second-order valence-electron chi connectivity index (χ2n) is 9.95. The molecule has 1 saturated heterocycles. The summed E-state index contributed by atoms with van der Waals surface area (Å²) in [6, 6.07) is 0. The second kappa shape index (κ2) is 7.84. The maximum Gasteiger partial charge on any atom is 0.127 e. The van der Waals surface area contributed by atoms with E-state index < -0.39 is 0 Å².